The number of rotatable bonds is 4. The number of hydrogen-bond acceptors (Lipinski definition) is 8. The van der Waals surface area contributed by atoms with E-state index in [-0.39, 0.29) is 24.1 Å². The third kappa shape index (κ3) is 3.47. The number of halogens is 1. The molecule has 3 N–H and O–H groups in total. The van der Waals surface area contributed by atoms with Gasteiger partial charge in [0.25, 0.3) is 5.91 Å². The molecule has 4 heterocycles. The molecule has 4 aromatic rings. The molecule has 1 saturated heterocycles. The second-order valence-corrected chi connectivity index (χ2v) is 7.60. The molecule has 11 heteroatoms. The summed E-state index contributed by atoms with van der Waals surface area (Å²) < 4.78 is 6.58. The van der Waals surface area contributed by atoms with Gasteiger partial charge in [-0.1, -0.05) is 30.3 Å². The lowest BCUT2D eigenvalue weighted by Crippen LogP contribution is -2.33. The quantitative estimate of drug-likeness (QED) is 0.480. The number of aromatic nitrogens is 5. The van der Waals surface area contributed by atoms with Crippen LogP contribution in [0.5, 0.6) is 0 Å². The van der Waals surface area contributed by atoms with Gasteiger partial charge in [-0.25, -0.2) is 9.61 Å². The molecule has 0 saturated carbocycles. The molecule has 32 heavy (non-hydrogen) atoms. The van der Waals surface area contributed by atoms with Gasteiger partial charge in [0.05, 0.1) is 16.8 Å². The molecule has 1 atom stereocenters. The molecule has 0 radical (unpaired) electrons. The minimum absolute atomic E-state index is 0. The Balaban J connectivity index is 0.00000245. The Labute approximate surface area is 190 Å². The first-order chi connectivity index (χ1) is 15.1. The van der Waals surface area contributed by atoms with E-state index in [9.17, 15) is 4.79 Å². The molecule has 1 amide bonds. The van der Waals surface area contributed by atoms with Crippen LogP contribution in [0, 0.1) is 0 Å². The van der Waals surface area contributed by atoms with Gasteiger partial charge in [-0.3, -0.25) is 9.78 Å². The predicted molar refractivity (Wildman–Crippen MR) is 122 cm³/mol. The number of nitrogens with zero attached hydrogens (tertiary/aromatic N) is 6. The van der Waals surface area contributed by atoms with Crippen molar-refractivity contribution in [1.29, 1.82) is 0 Å². The van der Waals surface area contributed by atoms with Gasteiger partial charge in [0, 0.05) is 37.9 Å². The number of likely N-dealkylation sites (N-methyl/N-ethyl adjacent to an activating group) is 1. The van der Waals surface area contributed by atoms with E-state index in [0.717, 1.165) is 12.0 Å². The Morgan fingerprint density at radius 2 is 2.00 bits per heavy atom. The van der Waals surface area contributed by atoms with Crippen LogP contribution in [-0.2, 0) is 7.05 Å². The third-order valence-electron chi connectivity index (χ3n) is 5.78. The number of carbonyl (C=O) groups is 1. The molecule has 0 spiro atoms. The van der Waals surface area contributed by atoms with Crippen molar-refractivity contribution >= 4 is 35.2 Å². The molecule has 1 aliphatic rings. The van der Waals surface area contributed by atoms with Crippen LogP contribution in [0.4, 0.5) is 5.82 Å². The van der Waals surface area contributed by atoms with Gasteiger partial charge in [0.1, 0.15) is 5.52 Å². The highest BCUT2D eigenvalue weighted by atomic mass is 35.5. The standard InChI is InChI=1S/C21H22N8O2.ClH/c1-23-13-8-9-29(11-13)21(30)14-10-24-15(12-6-4-3-5-7-12)16-18(14)28(2)20(25-16)17-19(22)27-31-26-17;/h3-7,10,13,23H,8-9,11H2,1-2H3,(H2,22,27);1H. The van der Waals surface area contributed by atoms with Crippen molar-refractivity contribution in [3.05, 3.63) is 42.1 Å². The molecule has 5 rings (SSSR count). The Morgan fingerprint density at radius 3 is 2.66 bits per heavy atom. The molecule has 0 aliphatic carbocycles. The van der Waals surface area contributed by atoms with Crippen LogP contribution in [-0.4, -0.2) is 61.8 Å². The van der Waals surface area contributed by atoms with E-state index in [1.54, 1.807) is 10.8 Å². The van der Waals surface area contributed by atoms with Crippen LogP contribution in [0.1, 0.15) is 16.8 Å². The number of carbonyl (C=O) groups excluding carboxylic acids is 1. The van der Waals surface area contributed by atoms with Crippen molar-refractivity contribution in [3.8, 4) is 22.8 Å². The zero-order valence-corrected chi connectivity index (χ0v) is 18.5. The normalized spacial score (nSPS) is 15.8. The average molecular weight is 455 g/mol. The van der Waals surface area contributed by atoms with Crippen molar-refractivity contribution in [2.24, 2.45) is 7.05 Å². The molecular formula is C21H23ClN8O2. The largest absolute Gasteiger partial charge is 0.379 e. The number of nitrogens with one attached hydrogen (secondary N) is 1. The molecule has 166 valence electrons. The first-order valence-electron chi connectivity index (χ1n) is 10.0. The number of imidazole rings is 1. The lowest BCUT2D eigenvalue weighted by Gasteiger charge is -2.17. The molecule has 1 unspecified atom stereocenters. The summed E-state index contributed by atoms with van der Waals surface area (Å²) in [6.07, 6.45) is 2.55. The number of nitrogens with two attached hydrogens (primary N) is 1. The van der Waals surface area contributed by atoms with Crippen molar-refractivity contribution < 1.29 is 9.42 Å². The number of hydrogen-bond donors (Lipinski definition) is 2. The number of fused-ring (bicyclic) bond motifs is 1. The molecule has 3 aromatic heterocycles. The summed E-state index contributed by atoms with van der Waals surface area (Å²) in [5.41, 5.74) is 9.59. The molecule has 1 aromatic carbocycles. The van der Waals surface area contributed by atoms with Gasteiger partial charge in [0.15, 0.2) is 17.3 Å². The lowest BCUT2D eigenvalue weighted by molar-refractivity contribution is 0.0791. The number of anilines is 1. The fraction of sp³-hybridized carbons (Fsp3) is 0.286. The average Bonchev–Trinajstić information content (AvgIpc) is 3.52. The van der Waals surface area contributed by atoms with Gasteiger partial charge >= 0.3 is 0 Å². The zero-order chi connectivity index (χ0) is 21.5. The van der Waals surface area contributed by atoms with E-state index in [0.29, 0.717) is 52.9 Å². The van der Waals surface area contributed by atoms with Gasteiger partial charge in [0.2, 0.25) is 0 Å². The zero-order valence-electron chi connectivity index (χ0n) is 17.6. The summed E-state index contributed by atoms with van der Waals surface area (Å²) in [6, 6.07) is 10.0. The van der Waals surface area contributed by atoms with Crippen molar-refractivity contribution in [2.45, 2.75) is 12.5 Å². The Kier molecular flexibility index (Phi) is 5.81. The summed E-state index contributed by atoms with van der Waals surface area (Å²) in [4.78, 5) is 24.7. The molecule has 0 bridgehead atoms. The first-order valence-corrected chi connectivity index (χ1v) is 10.0. The highest BCUT2D eigenvalue weighted by Gasteiger charge is 2.30. The van der Waals surface area contributed by atoms with Crippen LogP contribution in [0.3, 0.4) is 0 Å². The van der Waals surface area contributed by atoms with Crippen LogP contribution in [0.2, 0.25) is 0 Å². The number of pyridine rings is 1. The lowest BCUT2D eigenvalue weighted by atomic mass is 10.1. The van der Waals surface area contributed by atoms with Crippen LogP contribution >= 0.6 is 12.4 Å². The Hall–Kier alpha value is -3.50. The highest BCUT2D eigenvalue weighted by molar-refractivity contribution is 6.08. The second-order valence-electron chi connectivity index (χ2n) is 7.60. The maximum atomic E-state index is 13.4. The van der Waals surface area contributed by atoms with Gasteiger partial charge in [-0.2, -0.15) is 0 Å². The van der Waals surface area contributed by atoms with E-state index >= 15 is 0 Å². The number of nitrogen functional groups attached to an aromatic ring is 1. The summed E-state index contributed by atoms with van der Waals surface area (Å²) in [6.45, 7) is 1.35. The second kappa shape index (κ2) is 8.56. The number of aryl methyl sites for hydroxylation is 1. The number of benzene rings is 1. The van der Waals surface area contributed by atoms with Crippen LogP contribution in [0.15, 0.2) is 41.2 Å². The van der Waals surface area contributed by atoms with E-state index in [1.165, 1.54) is 0 Å². The maximum Gasteiger partial charge on any atom is 0.257 e. The smallest absolute Gasteiger partial charge is 0.257 e. The Morgan fingerprint density at radius 1 is 1.22 bits per heavy atom. The minimum atomic E-state index is -0.0735. The fourth-order valence-corrected chi connectivity index (χ4v) is 4.10. The summed E-state index contributed by atoms with van der Waals surface area (Å²) in [5, 5.41) is 10.8. The van der Waals surface area contributed by atoms with E-state index in [1.807, 2.05) is 49.3 Å². The summed E-state index contributed by atoms with van der Waals surface area (Å²) in [5.74, 6) is 0.523. The summed E-state index contributed by atoms with van der Waals surface area (Å²) >= 11 is 0. The molecule has 1 aliphatic heterocycles. The molecule has 10 nitrogen and oxygen atoms in total. The van der Waals surface area contributed by atoms with Gasteiger partial charge in [-0.15, -0.1) is 12.4 Å². The van der Waals surface area contributed by atoms with Crippen LogP contribution < -0.4 is 11.1 Å². The number of amides is 1. The third-order valence-corrected chi connectivity index (χ3v) is 5.78. The highest BCUT2D eigenvalue weighted by Crippen LogP contribution is 2.33. The first kappa shape index (κ1) is 21.7. The fourth-order valence-electron chi connectivity index (χ4n) is 4.10. The number of likely N-dealkylation sites (tertiary alicyclic amines) is 1. The Bertz CT molecular complexity index is 1270. The summed E-state index contributed by atoms with van der Waals surface area (Å²) in [7, 11) is 3.74. The maximum absolute atomic E-state index is 13.4. The van der Waals surface area contributed by atoms with E-state index < -0.39 is 0 Å². The topological polar surface area (TPSA) is 128 Å². The molecule has 1 fully saturated rings. The van der Waals surface area contributed by atoms with Crippen molar-refractivity contribution in [2.75, 3.05) is 25.9 Å². The minimum Gasteiger partial charge on any atom is -0.379 e. The van der Waals surface area contributed by atoms with Crippen LogP contribution in [0.25, 0.3) is 33.8 Å². The SMILES string of the molecule is CNC1CCN(C(=O)c2cnc(-c3ccccc3)c3nc(-c4nonc4N)n(C)c23)C1.Cl. The molecular weight excluding hydrogens is 432 g/mol. The van der Waals surface area contributed by atoms with Crippen molar-refractivity contribution in [1.82, 2.24) is 35.1 Å². The predicted octanol–water partition coefficient (Wildman–Crippen LogP) is 2.12. The van der Waals surface area contributed by atoms with Gasteiger partial charge in [-0.05, 0) is 23.8 Å². The van der Waals surface area contributed by atoms with Crippen molar-refractivity contribution in [3.63, 3.8) is 0 Å². The monoisotopic (exact) mass is 454 g/mol. The van der Waals surface area contributed by atoms with E-state index in [2.05, 4.69) is 20.6 Å². The van der Waals surface area contributed by atoms with E-state index in [4.69, 9.17) is 15.3 Å². The van der Waals surface area contributed by atoms with Gasteiger partial charge < -0.3 is 20.5 Å².